The smallest absolute Gasteiger partial charge is 0.247 e. The molecule has 0 aromatic carbocycles. The molecule has 1 rings (SSSR count). The maximum absolute atomic E-state index is 11.2. The maximum Gasteiger partial charge on any atom is 0.247 e. The first-order chi connectivity index (χ1) is 4.97. The number of hydrogen-bond donors (Lipinski definition) is 1. The fraction of sp³-hybridized carbons (Fsp3) is 0.714. The summed E-state index contributed by atoms with van der Waals surface area (Å²) in [6.45, 7) is 1.76. The van der Waals surface area contributed by atoms with Gasteiger partial charge in [0.1, 0.15) is 5.54 Å². The van der Waals surface area contributed by atoms with Crippen LogP contribution in [0.3, 0.4) is 0 Å². The van der Waals surface area contributed by atoms with Gasteiger partial charge in [-0.2, -0.15) is 0 Å². The van der Waals surface area contributed by atoms with Crippen molar-refractivity contribution < 1.29 is 9.59 Å². The number of nitrogens with one attached hydrogen (secondary N) is 1. The Hall–Kier alpha value is -0.900. The van der Waals surface area contributed by atoms with Gasteiger partial charge in [-0.05, 0) is 21.0 Å². The number of nitrogens with zero attached hydrogens (tertiary/aromatic N) is 1. The van der Waals surface area contributed by atoms with Crippen molar-refractivity contribution >= 4 is 11.8 Å². The SMILES string of the molecule is CN(C)C1(C)CC(=O)NC1=O. The molecule has 1 unspecified atom stereocenters. The summed E-state index contributed by atoms with van der Waals surface area (Å²) in [5.41, 5.74) is -0.642. The summed E-state index contributed by atoms with van der Waals surface area (Å²) < 4.78 is 0. The zero-order valence-corrected chi connectivity index (χ0v) is 6.97. The molecule has 1 heterocycles. The lowest BCUT2D eigenvalue weighted by Crippen LogP contribution is -2.47. The quantitative estimate of drug-likeness (QED) is 0.513. The van der Waals surface area contributed by atoms with Gasteiger partial charge in [-0.25, -0.2) is 0 Å². The minimum atomic E-state index is -0.642. The van der Waals surface area contributed by atoms with E-state index in [-0.39, 0.29) is 18.2 Å². The molecule has 2 amide bonds. The van der Waals surface area contributed by atoms with Gasteiger partial charge in [-0.15, -0.1) is 0 Å². The zero-order chi connectivity index (χ0) is 8.65. The summed E-state index contributed by atoms with van der Waals surface area (Å²) in [6.07, 6.45) is 0.263. The Morgan fingerprint density at radius 3 is 2.18 bits per heavy atom. The fourth-order valence-electron chi connectivity index (χ4n) is 1.06. The van der Waals surface area contributed by atoms with Gasteiger partial charge in [0.05, 0.1) is 6.42 Å². The molecule has 1 fully saturated rings. The molecule has 1 aliphatic heterocycles. The highest BCUT2D eigenvalue weighted by atomic mass is 16.2. The van der Waals surface area contributed by atoms with Gasteiger partial charge in [0, 0.05) is 0 Å². The van der Waals surface area contributed by atoms with E-state index in [9.17, 15) is 9.59 Å². The lowest BCUT2D eigenvalue weighted by atomic mass is 9.99. The van der Waals surface area contributed by atoms with Crippen LogP contribution < -0.4 is 5.32 Å². The minimum Gasteiger partial charge on any atom is -0.295 e. The highest BCUT2D eigenvalue weighted by Crippen LogP contribution is 2.21. The molecule has 1 aliphatic rings. The average Bonchev–Trinajstić information content (AvgIpc) is 2.08. The van der Waals surface area contributed by atoms with Crippen molar-refractivity contribution in [3.63, 3.8) is 0 Å². The molecular formula is C7H12N2O2. The molecule has 4 heteroatoms. The topological polar surface area (TPSA) is 49.4 Å². The van der Waals surface area contributed by atoms with Crippen LogP contribution >= 0.6 is 0 Å². The van der Waals surface area contributed by atoms with Crippen LogP contribution in [-0.4, -0.2) is 36.3 Å². The number of likely N-dealkylation sites (N-methyl/N-ethyl adjacent to an activating group) is 1. The molecule has 1 atom stereocenters. The third-order valence-corrected chi connectivity index (χ3v) is 2.23. The maximum atomic E-state index is 11.2. The van der Waals surface area contributed by atoms with E-state index in [1.807, 2.05) is 0 Å². The monoisotopic (exact) mass is 156 g/mol. The van der Waals surface area contributed by atoms with E-state index < -0.39 is 5.54 Å². The lowest BCUT2D eigenvalue weighted by molar-refractivity contribution is -0.128. The zero-order valence-electron chi connectivity index (χ0n) is 6.97. The average molecular weight is 156 g/mol. The molecule has 4 nitrogen and oxygen atoms in total. The van der Waals surface area contributed by atoms with E-state index in [4.69, 9.17) is 0 Å². The standard InChI is InChI=1S/C7H12N2O2/c1-7(9(2)3)4-5(10)8-6(7)11/h4H2,1-3H3,(H,8,10,11). The third-order valence-electron chi connectivity index (χ3n) is 2.23. The third kappa shape index (κ3) is 1.14. The number of amides is 2. The number of carbonyl (C=O) groups excluding carboxylic acids is 2. The van der Waals surface area contributed by atoms with Crippen LogP contribution in [0.2, 0.25) is 0 Å². The molecule has 0 bridgehead atoms. The van der Waals surface area contributed by atoms with E-state index in [1.165, 1.54) is 0 Å². The molecule has 1 N–H and O–H groups in total. The van der Waals surface area contributed by atoms with Gasteiger partial charge >= 0.3 is 0 Å². The highest BCUT2D eigenvalue weighted by molar-refractivity contribution is 6.08. The molecule has 0 aromatic rings. The van der Waals surface area contributed by atoms with Gasteiger partial charge in [0.2, 0.25) is 11.8 Å². The summed E-state index contributed by atoms with van der Waals surface area (Å²) in [7, 11) is 3.58. The van der Waals surface area contributed by atoms with Gasteiger partial charge in [-0.3, -0.25) is 19.8 Å². The summed E-state index contributed by atoms with van der Waals surface area (Å²) in [6, 6.07) is 0. The van der Waals surface area contributed by atoms with E-state index in [1.54, 1.807) is 25.9 Å². The molecular weight excluding hydrogens is 144 g/mol. The molecule has 0 spiro atoms. The van der Waals surface area contributed by atoms with Crippen LogP contribution in [0.1, 0.15) is 13.3 Å². The van der Waals surface area contributed by atoms with Crippen LogP contribution in [0.4, 0.5) is 0 Å². The first-order valence-corrected chi connectivity index (χ1v) is 3.48. The first kappa shape index (κ1) is 8.20. The van der Waals surface area contributed by atoms with Crippen LogP contribution in [-0.2, 0) is 9.59 Å². The Morgan fingerprint density at radius 1 is 1.45 bits per heavy atom. The lowest BCUT2D eigenvalue weighted by Gasteiger charge is -2.27. The molecule has 0 saturated carbocycles. The molecule has 0 aromatic heterocycles. The fourth-order valence-corrected chi connectivity index (χ4v) is 1.06. The van der Waals surface area contributed by atoms with E-state index in [0.29, 0.717) is 0 Å². The van der Waals surface area contributed by atoms with Gasteiger partial charge in [0.25, 0.3) is 0 Å². The van der Waals surface area contributed by atoms with Crippen molar-refractivity contribution in [1.29, 1.82) is 0 Å². The van der Waals surface area contributed by atoms with Gasteiger partial charge < -0.3 is 0 Å². The van der Waals surface area contributed by atoms with Crippen LogP contribution in [0, 0.1) is 0 Å². The highest BCUT2D eigenvalue weighted by Gasteiger charge is 2.44. The van der Waals surface area contributed by atoms with Gasteiger partial charge in [-0.1, -0.05) is 0 Å². The number of imide groups is 1. The van der Waals surface area contributed by atoms with Crippen LogP contribution in [0.5, 0.6) is 0 Å². The normalized spacial score (nSPS) is 31.3. The number of carbonyl (C=O) groups is 2. The van der Waals surface area contributed by atoms with Crippen molar-refractivity contribution in [1.82, 2.24) is 10.2 Å². The second-order valence-electron chi connectivity index (χ2n) is 3.22. The van der Waals surface area contributed by atoms with E-state index >= 15 is 0 Å². The molecule has 1 saturated heterocycles. The predicted molar refractivity (Wildman–Crippen MR) is 39.9 cm³/mol. The summed E-state index contributed by atoms with van der Waals surface area (Å²) in [4.78, 5) is 23.7. The second-order valence-corrected chi connectivity index (χ2v) is 3.22. The predicted octanol–water partition coefficient (Wildman–Crippen LogP) is -0.647. The van der Waals surface area contributed by atoms with Crippen molar-refractivity contribution in [2.24, 2.45) is 0 Å². The molecule has 0 aliphatic carbocycles. The number of hydrogen-bond acceptors (Lipinski definition) is 3. The van der Waals surface area contributed by atoms with Crippen molar-refractivity contribution in [3.8, 4) is 0 Å². The van der Waals surface area contributed by atoms with E-state index in [2.05, 4.69) is 5.32 Å². The second kappa shape index (κ2) is 2.30. The summed E-state index contributed by atoms with van der Waals surface area (Å²) >= 11 is 0. The summed E-state index contributed by atoms with van der Waals surface area (Å²) in [5.74, 6) is -0.390. The Kier molecular flexibility index (Phi) is 1.72. The van der Waals surface area contributed by atoms with E-state index in [0.717, 1.165) is 0 Å². The summed E-state index contributed by atoms with van der Waals surface area (Å²) in [5, 5.41) is 2.27. The largest absolute Gasteiger partial charge is 0.295 e. The Morgan fingerprint density at radius 2 is 2.00 bits per heavy atom. The van der Waals surface area contributed by atoms with Crippen molar-refractivity contribution in [2.75, 3.05) is 14.1 Å². The Balaban J connectivity index is 2.87. The molecule has 62 valence electrons. The van der Waals surface area contributed by atoms with Crippen molar-refractivity contribution in [3.05, 3.63) is 0 Å². The molecule has 0 radical (unpaired) electrons. The number of rotatable bonds is 1. The van der Waals surface area contributed by atoms with Crippen molar-refractivity contribution in [2.45, 2.75) is 18.9 Å². The van der Waals surface area contributed by atoms with Gasteiger partial charge in [0.15, 0.2) is 0 Å². The minimum absolute atomic E-state index is 0.189. The molecule has 11 heavy (non-hydrogen) atoms. The Bertz CT molecular complexity index is 212. The van der Waals surface area contributed by atoms with Crippen LogP contribution in [0.25, 0.3) is 0 Å². The Labute approximate surface area is 65.6 Å². The van der Waals surface area contributed by atoms with Crippen LogP contribution in [0.15, 0.2) is 0 Å². The first-order valence-electron chi connectivity index (χ1n) is 3.48.